The van der Waals surface area contributed by atoms with E-state index in [4.69, 9.17) is 9.47 Å². The highest BCUT2D eigenvalue weighted by Crippen LogP contribution is 2.24. The van der Waals surface area contributed by atoms with Crippen molar-refractivity contribution in [1.29, 1.82) is 0 Å². The molecule has 0 aromatic heterocycles. The third-order valence-electron chi connectivity index (χ3n) is 14.8. The molecular weight excluding hydrogens is 883 g/mol. The molecule has 11 nitrogen and oxygen atoms in total. The maximum absolute atomic E-state index is 13.2. The van der Waals surface area contributed by atoms with Crippen molar-refractivity contribution in [2.45, 2.75) is 345 Å². The van der Waals surface area contributed by atoms with Crippen LogP contribution in [0.3, 0.4) is 0 Å². The summed E-state index contributed by atoms with van der Waals surface area (Å²) in [6.07, 6.45) is 45.5. The number of hydrogen-bond donors (Lipinski definition) is 8. The maximum Gasteiger partial charge on any atom is 0.249 e. The number of carbonyl (C=O) groups is 1. The van der Waals surface area contributed by atoms with Crippen LogP contribution in [0.1, 0.15) is 290 Å². The van der Waals surface area contributed by atoms with Crippen molar-refractivity contribution >= 4 is 5.91 Å². The third-order valence-corrected chi connectivity index (χ3v) is 14.8. The zero-order chi connectivity index (χ0) is 51.1. The lowest BCUT2D eigenvalue weighted by Crippen LogP contribution is -2.60. The molecule has 1 rings (SSSR count). The molecule has 1 saturated heterocycles. The number of aliphatic hydroxyl groups is 7. The van der Waals surface area contributed by atoms with Crippen LogP contribution in [0.15, 0.2) is 12.2 Å². The van der Waals surface area contributed by atoms with Gasteiger partial charge in [-0.05, 0) is 38.5 Å². The fraction of sp³-hybridized carbons (Fsp3) is 0.949. The van der Waals surface area contributed by atoms with Crippen molar-refractivity contribution in [1.82, 2.24) is 5.32 Å². The summed E-state index contributed by atoms with van der Waals surface area (Å²) < 4.78 is 11.2. The number of carbonyl (C=O) groups excluding carboxylic acids is 1. The maximum atomic E-state index is 13.2. The van der Waals surface area contributed by atoms with Gasteiger partial charge in [-0.25, -0.2) is 0 Å². The largest absolute Gasteiger partial charge is 0.394 e. The van der Waals surface area contributed by atoms with E-state index in [1.807, 2.05) is 0 Å². The SMILES string of the molecule is CCCCCCCCCCC/C=C\CCCCCCCCC(O)C(=O)NC(COC1OC(CO)C(O)C(O)C1O)C(O)C(O)CCCCCCCCCCCCCCCCCCCCCCCCCC. The van der Waals surface area contributed by atoms with Gasteiger partial charge in [-0.2, -0.15) is 0 Å². The van der Waals surface area contributed by atoms with Crippen molar-refractivity contribution in [2.24, 2.45) is 0 Å². The number of allylic oxidation sites excluding steroid dienone is 2. The highest BCUT2D eigenvalue weighted by Gasteiger charge is 2.44. The molecule has 0 aromatic rings. The Kier molecular flexibility index (Phi) is 46.6. The van der Waals surface area contributed by atoms with Gasteiger partial charge < -0.3 is 50.5 Å². The van der Waals surface area contributed by atoms with Crippen LogP contribution in [0.5, 0.6) is 0 Å². The van der Waals surface area contributed by atoms with Crippen LogP contribution >= 0.6 is 0 Å². The van der Waals surface area contributed by atoms with Gasteiger partial charge in [0.2, 0.25) is 5.91 Å². The first-order valence-corrected chi connectivity index (χ1v) is 30.1. The first kappa shape index (κ1) is 66.9. The molecule has 11 heteroatoms. The summed E-state index contributed by atoms with van der Waals surface area (Å²) in [6.45, 7) is 3.49. The standard InChI is InChI=1S/C59H115NO10/c1-3-5-7-9-11-13-15-17-19-21-23-24-25-26-27-29-30-32-34-36-38-40-42-44-46-51(62)54(64)50(49-69-59-57(67)56(66)55(65)53(48-61)70-59)60-58(68)52(63)47-45-43-41-39-37-35-33-31-28-22-20-18-16-14-12-10-8-6-4-2/h28,31,50-57,59,61-67H,3-27,29-30,32-49H2,1-2H3,(H,60,68)/b31-28-. The van der Waals surface area contributed by atoms with Crippen molar-refractivity contribution < 1.29 is 50.0 Å². The molecule has 0 bridgehead atoms. The van der Waals surface area contributed by atoms with Gasteiger partial charge in [-0.3, -0.25) is 4.79 Å². The summed E-state index contributed by atoms with van der Waals surface area (Å²) in [4.78, 5) is 13.2. The summed E-state index contributed by atoms with van der Waals surface area (Å²) in [5, 5.41) is 76.2. The van der Waals surface area contributed by atoms with Crippen LogP contribution in [0.25, 0.3) is 0 Å². The Morgan fingerprint density at radius 1 is 0.486 bits per heavy atom. The lowest BCUT2D eigenvalue weighted by molar-refractivity contribution is -0.303. The quantitative estimate of drug-likeness (QED) is 0.0215. The topological polar surface area (TPSA) is 189 Å². The Bertz CT molecular complexity index is 1140. The minimum absolute atomic E-state index is 0.256. The van der Waals surface area contributed by atoms with Crippen LogP contribution in [0.4, 0.5) is 0 Å². The van der Waals surface area contributed by atoms with Crippen LogP contribution in [-0.4, -0.2) is 110 Å². The van der Waals surface area contributed by atoms with Crippen molar-refractivity contribution in [2.75, 3.05) is 13.2 Å². The van der Waals surface area contributed by atoms with E-state index in [1.54, 1.807) is 0 Å². The molecule has 0 aromatic carbocycles. The van der Waals surface area contributed by atoms with E-state index in [-0.39, 0.29) is 6.42 Å². The zero-order valence-corrected chi connectivity index (χ0v) is 45.5. The van der Waals surface area contributed by atoms with Gasteiger partial charge in [0.1, 0.15) is 36.6 Å². The predicted molar refractivity (Wildman–Crippen MR) is 289 cm³/mol. The summed E-state index contributed by atoms with van der Waals surface area (Å²) in [6, 6.07) is -1.17. The Morgan fingerprint density at radius 2 is 0.829 bits per heavy atom. The average Bonchev–Trinajstić information content (AvgIpc) is 3.36. The highest BCUT2D eigenvalue weighted by molar-refractivity contribution is 5.80. The second-order valence-corrected chi connectivity index (χ2v) is 21.4. The van der Waals surface area contributed by atoms with E-state index in [1.165, 1.54) is 199 Å². The van der Waals surface area contributed by atoms with Crippen molar-refractivity contribution in [3.05, 3.63) is 12.2 Å². The fourth-order valence-electron chi connectivity index (χ4n) is 9.91. The number of rotatable bonds is 52. The van der Waals surface area contributed by atoms with Crippen LogP contribution < -0.4 is 5.32 Å². The third kappa shape index (κ3) is 36.7. The van der Waals surface area contributed by atoms with Crippen molar-refractivity contribution in [3.63, 3.8) is 0 Å². The second kappa shape index (κ2) is 48.8. The van der Waals surface area contributed by atoms with E-state index in [0.717, 1.165) is 51.4 Å². The number of unbranched alkanes of at least 4 members (excludes halogenated alkanes) is 38. The van der Waals surface area contributed by atoms with Gasteiger partial charge in [-0.15, -0.1) is 0 Å². The van der Waals surface area contributed by atoms with Crippen LogP contribution in [0, 0.1) is 0 Å². The lowest BCUT2D eigenvalue weighted by atomic mass is 9.98. The molecule has 0 aliphatic carbocycles. The number of aliphatic hydroxyl groups excluding tert-OH is 7. The van der Waals surface area contributed by atoms with E-state index >= 15 is 0 Å². The summed E-state index contributed by atoms with van der Waals surface area (Å²) >= 11 is 0. The molecule has 70 heavy (non-hydrogen) atoms. The van der Waals surface area contributed by atoms with Gasteiger partial charge in [0.05, 0.1) is 25.4 Å². The molecule has 0 spiro atoms. The number of hydrogen-bond acceptors (Lipinski definition) is 10. The summed E-state index contributed by atoms with van der Waals surface area (Å²) in [7, 11) is 0. The predicted octanol–water partition coefficient (Wildman–Crippen LogP) is 12.7. The fourth-order valence-corrected chi connectivity index (χ4v) is 9.91. The molecule has 8 N–H and O–H groups in total. The molecule has 1 heterocycles. The van der Waals surface area contributed by atoms with E-state index < -0.39 is 74.2 Å². The molecular formula is C59H115NO10. The molecule has 0 saturated carbocycles. The molecule has 1 aliphatic heterocycles. The molecule has 9 unspecified atom stereocenters. The van der Waals surface area contributed by atoms with E-state index in [0.29, 0.717) is 19.3 Å². The van der Waals surface area contributed by atoms with Gasteiger partial charge >= 0.3 is 0 Å². The van der Waals surface area contributed by atoms with Crippen LogP contribution in [-0.2, 0) is 14.3 Å². The average molecular weight is 999 g/mol. The van der Waals surface area contributed by atoms with Crippen LogP contribution in [0.2, 0.25) is 0 Å². The Hall–Kier alpha value is -1.15. The Labute approximate surface area is 430 Å². The summed E-state index contributed by atoms with van der Waals surface area (Å²) in [5.41, 5.74) is 0. The normalized spacial score (nSPS) is 20.3. The minimum Gasteiger partial charge on any atom is -0.394 e. The molecule has 0 radical (unpaired) electrons. The first-order chi connectivity index (χ1) is 34.2. The first-order valence-electron chi connectivity index (χ1n) is 30.1. The molecule has 9 atom stereocenters. The van der Waals surface area contributed by atoms with Gasteiger partial charge in [-0.1, -0.05) is 264 Å². The Balaban J connectivity index is 2.29. The highest BCUT2D eigenvalue weighted by atomic mass is 16.7. The van der Waals surface area contributed by atoms with Crippen molar-refractivity contribution in [3.8, 4) is 0 Å². The molecule has 1 fully saturated rings. The molecule has 416 valence electrons. The number of ether oxygens (including phenoxy) is 2. The Morgan fingerprint density at radius 3 is 1.20 bits per heavy atom. The van der Waals surface area contributed by atoms with E-state index in [9.17, 15) is 40.5 Å². The molecule has 1 amide bonds. The molecule has 1 aliphatic rings. The monoisotopic (exact) mass is 998 g/mol. The van der Waals surface area contributed by atoms with Gasteiger partial charge in [0, 0.05) is 0 Å². The zero-order valence-electron chi connectivity index (χ0n) is 45.5. The van der Waals surface area contributed by atoms with Gasteiger partial charge in [0.15, 0.2) is 6.29 Å². The van der Waals surface area contributed by atoms with Gasteiger partial charge in [0.25, 0.3) is 0 Å². The number of amides is 1. The summed E-state index contributed by atoms with van der Waals surface area (Å²) in [5.74, 6) is -0.697. The smallest absolute Gasteiger partial charge is 0.249 e. The lowest BCUT2D eigenvalue weighted by Gasteiger charge is -2.40. The van der Waals surface area contributed by atoms with E-state index in [2.05, 4.69) is 31.3 Å². The minimum atomic E-state index is -1.66. The second-order valence-electron chi connectivity index (χ2n) is 21.4. The number of nitrogens with one attached hydrogen (secondary N) is 1.